The molecule has 1 N–H and O–H groups in total. The molecule has 3 aliphatic heterocycles. The number of benzene rings is 1. The van der Waals surface area contributed by atoms with Crippen molar-refractivity contribution in [2.75, 3.05) is 65.1 Å². The van der Waals surface area contributed by atoms with E-state index in [1.54, 1.807) is 18.5 Å². The minimum atomic E-state index is -0.785. The minimum absolute atomic E-state index is 0.00993. The molecule has 1 atom stereocenters. The fourth-order valence-corrected chi connectivity index (χ4v) is 6.45. The maximum atomic E-state index is 16.9. The highest BCUT2D eigenvalue weighted by molar-refractivity contribution is 6.33. The van der Waals surface area contributed by atoms with Crippen LogP contribution in [0.4, 0.5) is 15.0 Å². The Kier molecular flexibility index (Phi) is 7.63. The SMILES string of the molecule is CN(C)CC1(COc2nc3c4cnc(c(F)c4n2)-c2c(c(Cl)cc4[nH]ncc24)CCCOC(=O)O[C@@H]2COCCN3C2)CC1. The number of carbonyl (C=O) groups is 1. The van der Waals surface area contributed by atoms with Gasteiger partial charge in [0.25, 0.3) is 0 Å². The Morgan fingerprint density at radius 1 is 1.23 bits per heavy atom. The van der Waals surface area contributed by atoms with E-state index in [0.29, 0.717) is 70.9 Å². The van der Waals surface area contributed by atoms with Crippen LogP contribution in [-0.4, -0.2) is 102 Å². The molecule has 0 radical (unpaired) electrons. The Balaban J connectivity index is 1.41. The fourth-order valence-electron chi connectivity index (χ4n) is 6.15. The Morgan fingerprint density at radius 3 is 2.91 bits per heavy atom. The zero-order valence-electron chi connectivity index (χ0n) is 24.6. The zero-order chi connectivity index (χ0) is 30.4. The van der Waals surface area contributed by atoms with Crippen LogP contribution in [0.15, 0.2) is 18.5 Å². The van der Waals surface area contributed by atoms with E-state index < -0.39 is 18.1 Å². The molecule has 4 aliphatic rings. The van der Waals surface area contributed by atoms with Crippen LogP contribution < -0.4 is 9.64 Å². The molecule has 0 unspecified atom stereocenters. The summed E-state index contributed by atoms with van der Waals surface area (Å²) < 4.78 is 39.8. The molecular formula is C30H33ClFN7O5. The molecule has 1 saturated carbocycles. The van der Waals surface area contributed by atoms with Gasteiger partial charge in [-0.05, 0) is 51.4 Å². The van der Waals surface area contributed by atoms with Gasteiger partial charge in [-0.1, -0.05) is 11.6 Å². The predicted octanol–water partition coefficient (Wildman–Crippen LogP) is 4.39. The molecule has 8 rings (SSSR count). The van der Waals surface area contributed by atoms with Gasteiger partial charge in [0.15, 0.2) is 5.82 Å². The average molecular weight is 626 g/mol. The predicted molar refractivity (Wildman–Crippen MR) is 161 cm³/mol. The molecule has 14 heteroatoms. The van der Waals surface area contributed by atoms with Crippen LogP contribution in [0.3, 0.4) is 0 Å². The Labute approximate surface area is 257 Å². The Morgan fingerprint density at radius 2 is 2.09 bits per heavy atom. The molecule has 1 saturated heterocycles. The normalized spacial score (nSPS) is 20.1. The van der Waals surface area contributed by atoms with Crippen molar-refractivity contribution in [1.82, 2.24) is 30.0 Å². The second kappa shape index (κ2) is 11.6. The summed E-state index contributed by atoms with van der Waals surface area (Å²) in [6.45, 7) is 2.57. The molecule has 44 heavy (non-hydrogen) atoms. The van der Waals surface area contributed by atoms with E-state index in [2.05, 4.69) is 25.1 Å². The number of halogens is 2. The van der Waals surface area contributed by atoms with Crippen LogP contribution in [-0.2, 0) is 20.6 Å². The van der Waals surface area contributed by atoms with Crippen molar-refractivity contribution in [3.8, 4) is 17.3 Å². The summed E-state index contributed by atoms with van der Waals surface area (Å²) >= 11 is 6.75. The monoisotopic (exact) mass is 625 g/mol. The molecule has 6 heterocycles. The lowest BCUT2D eigenvalue weighted by Crippen LogP contribution is -2.36. The molecule has 1 aromatic carbocycles. The number of ether oxygens (including phenoxy) is 4. The van der Waals surface area contributed by atoms with E-state index in [0.717, 1.165) is 19.4 Å². The van der Waals surface area contributed by atoms with Crippen LogP contribution in [0.5, 0.6) is 6.01 Å². The van der Waals surface area contributed by atoms with Gasteiger partial charge in [0.05, 0.1) is 50.1 Å². The maximum absolute atomic E-state index is 16.9. The minimum Gasteiger partial charge on any atom is -0.463 e. The molecule has 2 fully saturated rings. The third-order valence-corrected chi connectivity index (χ3v) is 8.72. The number of aromatic amines is 1. The summed E-state index contributed by atoms with van der Waals surface area (Å²) in [5, 5.41) is 8.57. The summed E-state index contributed by atoms with van der Waals surface area (Å²) in [6, 6.07) is 1.82. The number of H-pyrrole nitrogens is 1. The maximum Gasteiger partial charge on any atom is 0.508 e. The lowest BCUT2D eigenvalue weighted by Gasteiger charge is -2.26. The standard InChI is InChI=1S/C30H33ClFN7O5/c1-38(2)15-30(5-6-30)16-43-28-35-25-20-11-33-26(24(25)32)23-18(21(31)10-22-19(23)12-34-37-22)4-3-8-42-29(40)44-17-13-39(27(20)36-28)7-9-41-14-17/h10-12,17H,3-9,13-16H2,1-2H3,(H,34,37)/t17-/m0/s1. The van der Waals surface area contributed by atoms with Crippen LogP contribution in [0.2, 0.25) is 5.02 Å². The number of aromatic nitrogens is 5. The molecule has 0 spiro atoms. The van der Waals surface area contributed by atoms with E-state index in [4.69, 9.17) is 35.5 Å². The van der Waals surface area contributed by atoms with E-state index in [1.807, 2.05) is 19.0 Å². The van der Waals surface area contributed by atoms with Crippen molar-refractivity contribution in [2.24, 2.45) is 5.41 Å². The van der Waals surface area contributed by atoms with Crippen LogP contribution in [0, 0.1) is 11.2 Å². The fraction of sp³-hybridized carbons (Fsp3) is 0.500. The zero-order valence-corrected chi connectivity index (χ0v) is 25.3. The number of hydrogen-bond acceptors (Lipinski definition) is 11. The molecule has 3 aromatic heterocycles. The first-order valence-electron chi connectivity index (χ1n) is 14.7. The van der Waals surface area contributed by atoms with Crippen LogP contribution in [0.25, 0.3) is 33.1 Å². The first-order valence-corrected chi connectivity index (χ1v) is 15.1. The van der Waals surface area contributed by atoms with E-state index in [1.165, 1.54) is 0 Å². The van der Waals surface area contributed by atoms with E-state index in [-0.39, 0.29) is 42.4 Å². The third kappa shape index (κ3) is 5.59. The van der Waals surface area contributed by atoms with Gasteiger partial charge in [0.1, 0.15) is 23.1 Å². The summed E-state index contributed by atoms with van der Waals surface area (Å²) in [5.74, 6) is -0.200. The number of anilines is 1. The van der Waals surface area contributed by atoms with Gasteiger partial charge < -0.3 is 28.7 Å². The average Bonchev–Trinajstić information content (AvgIpc) is 3.66. The van der Waals surface area contributed by atoms with E-state index >= 15 is 4.39 Å². The lowest BCUT2D eigenvalue weighted by atomic mass is 9.95. The first kappa shape index (κ1) is 28.9. The molecule has 232 valence electrons. The van der Waals surface area contributed by atoms with Crippen molar-refractivity contribution in [3.63, 3.8) is 0 Å². The molecule has 6 bridgehead atoms. The number of nitrogens with one attached hydrogen (secondary N) is 1. The van der Waals surface area contributed by atoms with Gasteiger partial charge in [-0.2, -0.15) is 15.1 Å². The molecule has 0 amide bonds. The van der Waals surface area contributed by atoms with Gasteiger partial charge in [-0.25, -0.2) is 9.18 Å². The van der Waals surface area contributed by atoms with Crippen molar-refractivity contribution in [1.29, 1.82) is 0 Å². The van der Waals surface area contributed by atoms with Crippen molar-refractivity contribution >= 4 is 45.4 Å². The molecular weight excluding hydrogens is 593 g/mol. The second-order valence-corrected chi connectivity index (χ2v) is 12.5. The Hall–Kier alpha value is -3.81. The van der Waals surface area contributed by atoms with Crippen molar-refractivity contribution in [3.05, 3.63) is 34.9 Å². The summed E-state index contributed by atoms with van der Waals surface area (Å²) in [5.41, 5.74) is 1.98. The summed E-state index contributed by atoms with van der Waals surface area (Å²) in [7, 11) is 4.06. The summed E-state index contributed by atoms with van der Waals surface area (Å²) in [4.78, 5) is 30.7. The largest absolute Gasteiger partial charge is 0.508 e. The molecule has 4 aromatic rings. The number of hydrogen-bond donors (Lipinski definition) is 1. The number of rotatable bonds is 5. The van der Waals surface area contributed by atoms with Crippen LogP contribution in [0.1, 0.15) is 24.8 Å². The van der Waals surface area contributed by atoms with E-state index in [9.17, 15) is 4.79 Å². The topological polar surface area (TPSA) is 128 Å². The first-order chi connectivity index (χ1) is 21.3. The van der Waals surface area contributed by atoms with Gasteiger partial charge in [0, 0.05) is 40.7 Å². The smallest absolute Gasteiger partial charge is 0.463 e. The van der Waals surface area contributed by atoms with Gasteiger partial charge in [-0.3, -0.25) is 10.1 Å². The lowest BCUT2D eigenvalue weighted by molar-refractivity contribution is -0.00448. The number of fused-ring (bicyclic) bond motifs is 7. The third-order valence-electron chi connectivity index (χ3n) is 8.38. The molecule has 1 aliphatic carbocycles. The van der Waals surface area contributed by atoms with Gasteiger partial charge >= 0.3 is 12.2 Å². The summed E-state index contributed by atoms with van der Waals surface area (Å²) in [6.07, 6.45) is 4.66. The second-order valence-electron chi connectivity index (χ2n) is 12.0. The number of pyridine rings is 1. The van der Waals surface area contributed by atoms with Gasteiger partial charge in [0.2, 0.25) is 0 Å². The quantitative estimate of drug-likeness (QED) is 0.317. The number of carbonyl (C=O) groups excluding carboxylic acids is 1. The van der Waals surface area contributed by atoms with Crippen molar-refractivity contribution in [2.45, 2.75) is 31.8 Å². The molecule has 12 nitrogen and oxygen atoms in total. The van der Waals surface area contributed by atoms with Crippen LogP contribution >= 0.6 is 11.6 Å². The Bertz CT molecular complexity index is 1730. The highest BCUT2D eigenvalue weighted by Gasteiger charge is 2.44. The van der Waals surface area contributed by atoms with Gasteiger partial charge in [-0.15, -0.1) is 0 Å². The number of nitrogens with zero attached hydrogens (tertiary/aromatic N) is 6. The highest BCUT2D eigenvalue weighted by atomic mass is 35.5. The van der Waals surface area contributed by atoms with Crippen molar-refractivity contribution < 1.29 is 28.1 Å². The highest BCUT2D eigenvalue weighted by Crippen LogP contribution is 2.46.